The van der Waals surface area contributed by atoms with Crippen LogP contribution in [0.25, 0.3) is 10.8 Å². The third kappa shape index (κ3) is 4.07. The standard InChI is InChI=1S/C21H22N4OS/c22-27-20-13-18(9-10-23-20)24-21(26)17-6-3-11-25(14-17)19-8-7-15-4-1-2-5-16(15)12-19/h1-2,4-5,7-10,12-13,17H,3,6,11,14,22H2,(H,23,24,26)/t17-/m0/s1. The number of piperidine rings is 1. The number of fused-ring (bicyclic) bond motifs is 1. The van der Waals surface area contributed by atoms with Crippen LogP contribution < -0.4 is 15.4 Å². The Bertz CT molecular complexity index is 962. The Morgan fingerprint density at radius 1 is 1.15 bits per heavy atom. The van der Waals surface area contributed by atoms with E-state index in [1.807, 2.05) is 0 Å². The first-order valence-electron chi connectivity index (χ1n) is 9.10. The fourth-order valence-electron chi connectivity index (χ4n) is 3.60. The molecule has 1 aromatic heterocycles. The van der Waals surface area contributed by atoms with E-state index in [-0.39, 0.29) is 11.8 Å². The Kier molecular flexibility index (Phi) is 5.27. The lowest BCUT2D eigenvalue weighted by Crippen LogP contribution is -2.40. The van der Waals surface area contributed by atoms with Crippen LogP contribution in [0.4, 0.5) is 11.4 Å². The molecule has 138 valence electrons. The maximum Gasteiger partial charge on any atom is 0.229 e. The van der Waals surface area contributed by atoms with Gasteiger partial charge in [0.25, 0.3) is 0 Å². The van der Waals surface area contributed by atoms with Crippen molar-refractivity contribution in [1.29, 1.82) is 0 Å². The Morgan fingerprint density at radius 2 is 2.00 bits per heavy atom. The molecular weight excluding hydrogens is 356 g/mol. The second-order valence-electron chi connectivity index (χ2n) is 6.81. The molecular formula is C21H22N4OS. The van der Waals surface area contributed by atoms with Gasteiger partial charge in [0.15, 0.2) is 0 Å². The molecule has 0 spiro atoms. The van der Waals surface area contributed by atoms with Crippen molar-refractivity contribution < 1.29 is 4.79 Å². The molecule has 1 amide bonds. The van der Waals surface area contributed by atoms with Crippen molar-refractivity contribution in [3.8, 4) is 0 Å². The molecule has 27 heavy (non-hydrogen) atoms. The molecule has 0 aliphatic carbocycles. The number of nitrogens with one attached hydrogen (secondary N) is 1. The second kappa shape index (κ2) is 7.98. The summed E-state index contributed by atoms with van der Waals surface area (Å²) in [6, 6.07) is 18.5. The average Bonchev–Trinajstić information content (AvgIpc) is 2.73. The fraction of sp³-hybridized carbons (Fsp3) is 0.238. The van der Waals surface area contributed by atoms with Gasteiger partial charge in [0.1, 0.15) is 5.03 Å². The van der Waals surface area contributed by atoms with Crippen molar-refractivity contribution in [2.24, 2.45) is 11.1 Å². The number of rotatable bonds is 4. The lowest BCUT2D eigenvalue weighted by Gasteiger charge is -2.34. The first-order valence-corrected chi connectivity index (χ1v) is 9.98. The van der Waals surface area contributed by atoms with Gasteiger partial charge in [0.05, 0.1) is 5.92 Å². The molecule has 1 aliphatic heterocycles. The monoisotopic (exact) mass is 378 g/mol. The summed E-state index contributed by atoms with van der Waals surface area (Å²) >= 11 is 1.07. The number of anilines is 2. The number of carbonyl (C=O) groups is 1. The lowest BCUT2D eigenvalue weighted by molar-refractivity contribution is -0.120. The zero-order valence-corrected chi connectivity index (χ0v) is 15.8. The third-order valence-corrected chi connectivity index (χ3v) is 5.48. The Labute approximate surface area is 163 Å². The van der Waals surface area contributed by atoms with Gasteiger partial charge >= 0.3 is 0 Å². The van der Waals surface area contributed by atoms with Crippen molar-refractivity contribution in [3.05, 3.63) is 60.8 Å². The Morgan fingerprint density at radius 3 is 2.85 bits per heavy atom. The van der Waals surface area contributed by atoms with E-state index in [1.165, 1.54) is 16.5 Å². The highest BCUT2D eigenvalue weighted by Gasteiger charge is 2.26. The first-order chi connectivity index (χ1) is 13.2. The lowest BCUT2D eigenvalue weighted by atomic mass is 9.96. The molecule has 1 aliphatic rings. The maximum atomic E-state index is 12.8. The van der Waals surface area contributed by atoms with Gasteiger partial charge in [0.2, 0.25) is 5.91 Å². The molecule has 0 radical (unpaired) electrons. The second-order valence-corrected chi connectivity index (χ2v) is 7.46. The van der Waals surface area contributed by atoms with Gasteiger partial charge in [-0.05, 0) is 59.8 Å². The molecule has 0 bridgehead atoms. The van der Waals surface area contributed by atoms with Gasteiger partial charge in [-0.1, -0.05) is 30.3 Å². The summed E-state index contributed by atoms with van der Waals surface area (Å²) in [5.41, 5.74) is 1.92. The van der Waals surface area contributed by atoms with Crippen molar-refractivity contribution in [3.63, 3.8) is 0 Å². The predicted octanol–water partition coefficient (Wildman–Crippen LogP) is 4.06. The summed E-state index contributed by atoms with van der Waals surface area (Å²) in [7, 11) is 0. The van der Waals surface area contributed by atoms with Crippen molar-refractivity contribution >= 4 is 40.0 Å². The SMILES string of the molecule is NSc1cc(NC(=O)[C@H]2CCCN(c3ccc4ccccc4c3)C2)ccn1. The smallest absolute Gasteiger partial charge is 0.229 e. The Balaban J connectivity index is 1.47. The van der Waals surface area contributed by atoms with Crippen molar-refractivity contribution in [2.45, 2.75) is 17.9 Å². The minimum atomic E-state index is -0.0348. The molecule has 1 saturated heterocycles. The van der Waals surface area contributed by atoms with Gasteiger partial charge in [-0.3, -0.25) is 9.93 Å². The number of nitrogens with zero attached hydrogens (tertiary/aromatic N) is 2. The number of carbonyl (C=O) groups excluding carboxylic acids is 1. The van der Waals surface area contributed by atoms with Crippen LogP contribution >= 0.6 is 11.9 Å². The minimum absolute atomic E-state index is 0.0348. The molecule has 2 aromatic carbocycles. The molecule has 2 heterocycles. The topological polar surface area (TPSA) is 71.2 Å². The number of benzene rings is 2. The van der Waals surface area contributed by atoms with Crippen molar-refractivity contribution in [1.82, 2.24) is 4.98 Å². The number of aromatic nitrogens is 1. The van der Waals surface area contributed by atoms with Gasteiger partial charge in [-0.2, -0.15) is 0 Å². The highest BCUT2D eigenvalue weighted by atomic mass is 32.2. The summed E-state index contributed by atoms with van der Waals surface area (Å²) in [5.74, 6) is 0.0204. The number of hydrogen-bond donors (Lipinski definition) is 2. The molecule has 3 N–H and O–H groups in total. The fourth-order valence-corrected chi connectivity index (χ4v) is 3.91. The van der Waals surface area contributed by atoms with E-state index >= 15 is 0 Å². The van der Waals surface area contributed by atoms with E-state index in [0.717, 1.165) is 43.6 Å². The van der Waals surface area contributed by atoms with Crippen LogP contribution in [0.15, 0.2) is 65.8 Å². The molecule has 5 nitrogen and oxygen atoms in total. The van der Waals surface area contributed by atoms with Gasteiger partial charge < -0.3 is 10.2 Å². The van der Waals surface area contributed by atoms with Crippen LogP contribution in [0.3, 0.4) is 0 Å². The Hall–Kier alpha value is -2.57. The normalized spacial score (nSPS) is 17.1. The van der Waals surface area contributed by atoms with Crippen LogP contribution in [-0.4, -0.2) is 24.0 Å². The van der Waals surface area contributed by atoms with E-state index in [0.29, 0.717) is 5.03 Å². The molecule has 0 unspecified atom stereocenters. The number of nitrogens with two attached hydrogens (primary N) is 1. The van der Waals surface area contributed by atoms with E-state index in [1.54, 1.807) is 18.3 Å². The molecule has 6 heteroatoms. The summed E-state index contributed by atoms with van der Waals surface area (Å²) in [5, 5.41) is 11.7. The minimum Gasteiger partial charge on any atom is -0.371 e. The molecule has 1 fully saturated rings. The van der Waals surface area contributed by atoms with Crippen LogP contribution in [0.2, 0.25) is 0 Å². The van der Waals surface area contributed by atoms with Crippen LogP contribution in [0, 0.1) is 5.92 Å². The summed E-state index contributed by atoms with van der Waals surface area (Å²) in [4.78, 5) is 19.2. The molecule has 3 aromatic rings. The molecule has 0 saturated carbocycles. The summed E-state index contributed by atoms with van der Waals surface area (Å²) in [6.07, 6.45) is 3.57. The van der Waals surface area contributed by atoms with Crippen LogP contribution in [0.1, 0.15) is 12.8 Å². The summed E-state index contributed by atoms with van der Waals surface area (Å²) < 4.78 is 0. The highest BCUT2D eigenvalue weighted by molar-refractivity contribution is 7.97. The average molecular weight is 379 g/mol. The van der Waals surface area contributed by atoms with E-state index in [9.17, 15) is 4.79 Å². The number of hydrogen-bond acceptors (Lipinski definition) is 5. The van der Waals surface area contributed by atoms with E-state index in [2.05, 4.69) is 57.7 Å². The largest absolute Gasteiger partial charge is 0.371 e. The van der Waals surface area contributed by atoms with E-state index < -0.39 is 0 Å². The summed E-state index contributed by atoms with van der Waals surface area (Å²) in [6.45, 7) is 1.71. The number of amides is 1. The quantitative estimate of drug-likeness (QED) is 0.670. The van der Waals surface area contributed by atoms with E-state index in [4.69, 9.17) is 5.14 Å². The molecule has 1 atom stereocenters. The van der Waals surface area contributed by atoms with Crippen molar-refractivity contribution in [2.75, 3.05) is 23.3 Å². The predicted molar refractivity (Wildman–Crippen MR) is 112 cm³/mol. The van der Waals surface area contributed by atoms with Gasteiger partial charge in [-0.25, -0.2) is 4.98 Å². The third-order valence-electron chi connectivity index (χ3n) is 5.01. The number of pyridine rings is 1. The van der Waals surface area contributed by atoms with Gasteiger partial charge in [-0.15, -0.1) is 0 Å². The van der Waals surface area contributed by atoms with Crippen LogP contribution in [-0.2, 0) is 4.79 Å². The zero-order chi connectivity index (χ0) is 18.6. The maximum absolute atomic E-state index is 12.8. The van der Waals surface area contributed by atoms with Crippen LogP contribution in [0.5, 0.6) is 0 Å². The first kappa shape index (κ1) is 17.8. The van der Waals surface area contributed by atoms with Gasteiger partial charge in [0, 0.05) is 30.7 Å². The highest BCUT2D eigenvalue weighted by Crippen LogP contribution is 2.27. The molecule has 4 rings (SSSR count). The zero-order valence-electron chi connectivity index (χ0n) is 15.0.